The predicted octanol–water partition coefficient (Wildman–Crippen LogP) is 6.56. The van der Waals surface area contributed by atoms with Crippen LogP contribution in [0.3, 0.4) is 0 Å². The van der Waals surface area contributed by atoms with E-state index >= 15 is 0 Å². The first-order valence-electron chi connectivity index (χ1n) is 7.34. The van der Waals surface area contributed by atoms with Crippen molar-refractivity contribution in [2.75, 3.05) is 0 Å². The smallest absolute Gasteiger partial charge is 0.0285 e. The molecule has 0 aliphatic carbocycles. The Morgan fingerprint density at radius 2 is 1.20 bits per heavy atom. The highest BCUT2D eigenvalue weighted by molar-refractivity contribution is 5.30. The zero-order chi connectivity index (χ0) is 15.5. The molecule has 0 radical (unpaired) electrons. The van der Waals surface area contributed by atoms with Gasteiger partial charge in [0.1, 0.15) is 0 Å². The Morgan fingerprint density at radius 3 is 1.70 bits per heavy atom. The predicted molar refractivity (Wildman–Crippen MR) is 93.8 cm³/mol. The Labute approximate surface area is 126 Å². The summed E-state index contributed by atoms with van der Waals surface area (Å²) >= 11 is 0. The van der Waals surface area contributed by atoms with E-state index in [1.54, 1.807) is 0 Å². The van der Waals surface area contributed by atoms with E-state index in [1.165, 1.54) is 22.3 Å². The van der Waals surface area contributed by atoms with Crippen molar-refractivity contribution in [2.24, 2.45) is 5.92 Å². The molecule has 0 atom stereocenters. The van der Waals surface area contributed by atoms with Crippen molar-refractivity contribution in [1.29, 1.82) is 0 Å². The average molecular weight is 270 g/mol. The van der Waals surface area contributed by atoms with Gasteiger partial charge < -0.3 is 0 Å². The number of allylic oxidation sites excluding steroid dienone is 12. The van der Waals surface area contributed by atoms with Crippen LogP contribution in [0.25, 0.3) is 0 Å². The molecule has 0 aromatic heterocycles. The molecule has 0 aromatic carbocycles. The molecule has 0 N–H and O–H groups in total. The quantitative estimate of drug-likeness (QED) is 0.479. The van der Waals surface area contributed by atoms with Crippen LogP contribution in [-0.2, 0) is 0 Å². The molecule has 110 valence electrons. The van der Waals surface area contributed by atoms with Gasteiger partial charge in [-0.1, -0.05) is 84.7 Å². The minimum atomic E-state index is 0.604. The minimum Gasteiger partial charge on any atom is -0.0790 e. The van der Waals surface area contributed by atoms with Crippen molar-refractivity contribution in [2.45, 2.75) is 48.5 Å². The van der Waals surface area contributed by atoms with Crippen molar-refractivity contribution in [1.82, 2.24) is 0 Å². The molecule has 0 nitrogen and oxygen atoms in total. The number of hydrogen-bond donors (Lipinski definition) is 0. The van der Waals surface area contributed by atoms with E-state index in [1.807, 2.05) is 0 Å². The lowest BCUT2D eigenvalue weighted by Crippen LogP contribution is -1.79. The summed E-state index contributed by atoms with van der Waals surface area (Å²) in [6, 6.07) is 0. The number of rotatable bonds is 6. The Bertz CT molecular complexity index is 456. The number of hydrogen-bond acceptors (Lipinski definition) is 0. The first-order valence-corrected chi connectivity index (χ1v) is 7.34. The van der Waals surface area contributed by atoms with Crippen LogP contribution in [-0.4, -0.2) is 0 Å². The summed E-state index contributed by atoms with van der Waals surface area (Å²) in [5.41, 5.74) is 5.17. The van der Waals surface area contributed by atoms with Crippen LogP contribution in [0, 0.1) is 5.92 Å². The molecule has 0 amide bonds. The minimum absolute atomic E-state index is 0.604. The lowest BCUT2D eigenvalue weighted by Gasteiger charge is -1.96. The van der Waals surface area contributed by atoms with Gasteiger partial charge in [0.2, 0.25) is 0 Å². The van der Waals surface area contributed by atoms with Crippen molar-refractivity contribution < 1.29 is 0 Å². The van der Waals surface area contributed by atoms with E-state index < -0.39 is 0 Å². The van der Waals surface area contributed by atoms with Gasteiger partial charge >= 0.3 is 0 Å². The van der Waals surface area contributed by atoms with Gasteiger partial charge in [0.15, 0.2) is 0 Å². The molecule has 0 heterocycles. The largest absolute Gasteiger partial charge is 0.0790 e. The maximum Gasteiger partial charge on any atom is -0.0285 e. The molecule has 0 heteroatoms. The molecular formula is C20H30. The van der Waals surface area contributed by atoms with E-state index in [0.717, 1.165) is 0 Å². The molecule has 0 fully saturated rings. The van der Waals surface area contributed by atoms with Crippen molar-refractivity contribution >= 4 is 0 Å². The van der Waals surface area contributed by atoms with E-state index in [0.29, 0.717) is 5.92 Å². The van der Waals surface area contributed by atoms with Crippen LogP contribution >= 0.6 is 0 Å². The van der Waals surface area contributed by atoms with E-state index in [2.05, 4.69) is 97.1 Å². The lowest BCUT2D eigenvalue weighted by molar-refractivity contribution is 0.825. The summed E-state index contributed by atoms with van der Waals surface area (Å²) in [5.74, 6) is 0.604. The third kappa shape index (κ3) is 11.5. The van der Waals surface area contributed by atoms with Crippen LogP contribution in [0.5, 0.6) is 0 Å². The summed E-state index contributed by atoms with van der Waals surface area (Å²) in [6.45, 7) is 15.0. The summed E-state index contributed by atoms with van der Waals surface area (Å²) in [4.78, 5) is 0. The maximum atomic E-state index is 2.26. The SMILES string of the molecule is CC(C)=C/C(C)=C/C=C/C(C)=C/C=C/C(C)=C/C(C)C. The van der Waals surface area contributed by atoms with Crippen LogP contribution in [0.2, 0.25) is 0 Å². The molecule has 0 unspecified atom stereocenters. The van der Waals surface area contributed by atoms with Gasteiger partial charge in [-0.15, -0.1) is 0 Å². The standard InChI is InChI=1S/C20H30/c1-16(2)14-19(6)12-8-10-18(5)11-9-13-20(7)15-17(3)4/h8-16H,1-7H3/b11-9+,12-8+,18-10+,19-14+,20-13+. The third-order valence-corrected chi connectivity index (χ3v) is 2.55. The monoisotopic (exact) mass is 270 g/mol. The summed E-state index contributed by atoms with van der Waals surface area (Å²) in [5, 5.41) is 0. The second-order valence-electron chi connectivity index (χ2n) is 5.92. The van der Waals surface area contributed by atoms with Gasteiger partial charge in [-0.25, -0.2) is 0 Å². The Kier molecular flexibility index (Phi) is 9.45. The first kappa shape index (κ1) is 18.4. The highest BCUT2D eigenvalue weighted by Gasteiger charge is 1.86. The second kappa shape index (κ2) is 10.3. The molecule has 0 aliphatic rings. The molecule has 0 aromatic rings. The highest BCUT2D eigenvalue weighted by Crippen LogP contribution is 2.05. The zero-order valence-corrected chi connectivity index (χ0v) is 14.2. The molecular weight excluding hydrogens is 240 g/mol. The zero-order valence-electron chi connectivity index (χ0n) is 14.2. The topological polar surface area (TPSA) is 0 Å². The maximum absolute atomic E-state index is 2.26. The molecule has 0 rings (SSSR count). The molecule has 0 spiro atoms. The Balaban J connectivity index is 4.55. The summed E-state index contributed by atoms with van der Waals surface area (Å²) in [6.07, 6.45) is 17.2. The van der Waals surface area contributed by atoms with Gasteiger partial charge in [-0.3, -0.25) is 0 Å². The lowest BCUT2D eigenvalue weighted by atomic mass is 10.1. The van der Waals surface area contributed by atoms with Crippen LogP contribution in [0.1, 0.15) is 48.5 Å². The summed E-state index contributed by atoms with van der Waals surface area (Å²) in [7, 11) is 0. The van der Waals surface area contributed by atoms with Crippen molar-refractivity contribution in [3.63, 3.8) is 0 Å². The van der Waals surface area contributed by atoms with Crippen molar-refractivity contribution in [3.8, 4) is 0 Å². The van der Waals surface area contributed by atoms with Gasteiger partial charge in [0.05, 0.1) is 0 Å². The van der Waals surface area contributed by atoms with Gasteiger partial charge in [-0.05, 0) is 40.5 Å². The summed E-state index contributed by atoms with van der Waals surface area (Å²) < 4.78 is 0. The highest BCUT2D eigenvalue weighted by atomic mass is 13.9. The Morgan fingerprint density at radius 1 is 0.700 bits per heavy atom. The van der Waals surface area contributed by atoms with Crippen LogP contribution in [0.15, 0.2) is 70.9 Å². The van der Waals surface area contributed by atoms with Gasteiger partial charge in [0, 0.05) is 0 Å². The van der Waals surface area contributed by atoms with Crippen LogP contribution in [0.4, 0.5) is 0 Å². The normalized spacial score (nSPS) is 14.7. The average Bonchev–Trinajstić information content (AvgIpc) is 2.26. The molecule has 0 aliphatic heterocycles. The molecule has 0 saturated carbocycles. The molecule has 20 heavy (non-hydrogen) atoms. The first-order chi connectivity index (χ1) is 9.31. The fourth-order valence-electron chi connectivity index (χ4n) is 1.84. The Hall–Kier alpha value is -1.56. The van der Waals surface area contributed by atoms with Crippen molar-refractivity contribution in [3.05, 3.63) is 70.9 Å². The molecule has 0 saturated heterocycles. The molecule has 0 bridgehead atoms. The second-order valence-corrected chi connectivity index (χ2v) is 5.92. The fraction of sp³-hybridized carbons (Fsp3) is 0.400. The van der Waals surface area contributed by atoms with Gasteiger partial charge in [-0.2, -0.15) is 0 Å². The van der Waals surface area contributed by atoms with Crippen LogP contribution < -0.4 is 0 Å². The van der Waals surface area contributed by atoms with Gasteiger partial charge in [0.25, 0.3) is 0 Å². The van der Waals surface area contributed by atoms with E-state index in [-0.39, 0.29) is 0 Å². The van der Waals surface area contributed by atoms with E-state index in [4.69, 9.17) is 0 Å². The fourth-order valence-corrected chi connectivity index (χ4v) is 1.84. The van der Waals surface area contributed by atoms with E-state index in [9.17, 15) is 0 Å². The third-order valence-electron chi connectivity index (χ3n) is 2.55.